The monoisotopic (exact) mass is 453 g/mol. The maximum absolute atomic E-state index is 12.3. The Hall–Kier alpha value is -2.86. The molecule has 2 aliphatic rings. The van der Waals surface area contributed by atoms with Crippen LogP contribution >= 0.6 is 11.6 Å². The molecule has 32 heavy (non-hydrogen) atoms. The van der Waals surface area contributed by atoms with Crippen LogP contribution in [0.5, 0.6) is 0 Å². The molecule has 0 spiro atoms. The van der Waals surface area contributed by atoms with Crippen molar-refractivity contribution in [3.63, 3.8) is 0 Å². The third-order valence-corrected chi connectivity index (χ3v) is 7.28. The minimum absolute atomic E-state index is 0.113. The first-order chi connectivity index (χ1) is 15.3. The van der Waals surface area contributed by atoms with Crippen molar-refractivity contribution in [3.05, 3.63) is 53.1 Å². The molecule has 2 aromatic rings. The van der Waals surface area contributed by atoms with Crippen LogP contribution in [0, 0.1) is 0 Å². The lowest BCUT2D eigenvalue weighted by atomic mass is 9.88. The summed E-state index contributed by atoms with van der Waals surface area (Å²) in [6, 6.07) is 14.0. The minimum Gasteiger partial charge on any atom is -0.369 e. The number of halogens is 1. The molecular weight excluding hydrogens is 426 g/mol. The number of anilines is 1. The normalized spacial score (nSPS) is 19.3. The topological polar surface area (TPSA) is 69.7 Å². The molecule has 2 fully saturated rings. The molecule has 7 heteroatoms. The van der Waals surface area contributed by atoms with E-state index in [1.54, 1.807) is 4.90 Å². The van der Waals surface area contributed by atoms with Crippen molar-refractivity contribution in [2.24, 2.45) is 0 Å². The van der Waals surface area contributed by atoms with E-state index in [1.807, 2.05) is 25.2 Å². The summed E-state index contributed by atoms with van der Waals surface area (Å²) < 4.78 is 0. The first kappa shape index (κ1) is 22.3. The minimum atomic E-state index is -0.412. The number of imide groups is 1. The second-order valence-corrected chi connectivity index (χ2v) is 9.26. The predicted octanol–water partition coefficient (Wildman–Crippen LogP) is 3.97. The zero-order valence-corrected chi connectivity index (χ0v) is 19.2. The Labute approximate surface area is 193 Å². The highest BCUT2D eigenvalue weighted by Gasteiger charge is 2.46. The number of carbonyl (C=O) groups is 3. The summed E-state index contributed by atoms with van der Waals surface area (Å²) in [5.74, 6) is -0.929. The van der Waals surface area contributed by atoms with E-state index in [9.17, 15) is 14.4 Å². The Morgan fingerprint density at radius 2 is 1.84 bits per heavy atom. The molecule has 0 bridgehead atoms. The second-order valence-electron chi connectivity index (χ2n) is 8.88. The van der Waals surface area contributed by atoms with Gasteiger partial charge in [-0.25, -0.2) is 0 Å². The van der Waals surface area contributed by atoms with Gasteiger partial charge in [-0.05, 0) is 48.9 Å². The van der Waals surface area contributed by atoms with Crippen molar-refractivity contribution in [3.8, 4) is 11.1 Å². The Morgan fingerprint density at radius 1 is 1.12 bits per heavy atom. The van der Waals surface area contributed by atoms with Gasteiger partial charge in [0, 0.05) is 43.9 Å². The number of hydrogen-bond donors (Lipinski definition) is 1. The van der Waals surface area contributed by atoms with Gasteiger partial charge in [0.2, 0.25) is 18.2 Å². The third-order valence-electron chi connectivity index (χ3n) is 6.86. The van der Waals surface area contributed by atoms with Crippen molar-refractivity contribution >= 4 is 35.5 Å². The molecule has 4 rings (SSSR count). The Bertz CT molecular complexity index is 1030. The summed E-state index contributed by atoms with van der Waals surface area (Å²) in [5, 5.41) is 2.97. The van der Waals surface area contributed by atoms with Crippen LogP contribution in [0.25, 0.3) is 11.1 Å². The largest absolute Gasteiger partial charge is 0.369 e. The van der Waals surface area contributed by atoms with Gasteiger partial charge in [-0.2, -0.15) is 0 Å². The third kappa shape index (κ3) is 4.37. The molecular formula is C25H28ClN3O3. The predicted molar refractivity (Wildman–Crippen MR) is 126 cm³/mol. The van der Waals surface area contributed by atoms with Crippen LogP contribution in [-0.2, 0) is 14.4 Å². The van der Waals surface area contributed by atoms with E-state index in [1.165, 1.54) is 0 Å². The van der Waals surface area contributed by atoms with Gasteiger partial charge in [0.1, 0.15) is 0 Å². The first-order valence-corrected chi connectivity index (χ1v) is 11.3. The van der Waals surface area contributed by atoms with Gasteiger partial charge in [-0.1, -0.05) is 41.9 Å². The molecule has 1 heterocycles. The maximum Gasteiger partial charge on any atom is 0.234 e. The van der Waals surface area contributed by atoms with Gasteiger partial charge in [0.15, 0.2) is 0 Å². The summed E-state index contributed by atoms with van der Waals surface area (Å²) in [5.41, 5.74) is 3.84. The Morgan fingerprint density at radius 3 is 2.47 bits per heavy atom. The van der Waals surface area contributed by atoms with Crippen molar-refractivity contribution in [2.45, 2.75) is 43.6 Å². The number of amides is 3. The van der Waals surface area contributed by atoms with Crippen LogP contribution in [-0.4, -0.2) is 49.3 Å². The molecule has 1 aliphatic heterocycles. The Kier molecular flexibility index (Phi) is 6.24. The summed E-state index contributed by atoms with van der Waals surface area (Å²) in [4.78, 5) is 38.7. The number of nitrogens with one attached hydrogen (secondary N) is 1. The lowest BCUT2D eigenvalue weighted by molar-refractivity contribution is -0.134. The van der Waals surface area contributed by atoms with Crippen LogP contribution in [0.4, 0.5) is 5.69 Å². The van der Waals surface area contributed by atoms with Gasteiger partial charge in [-0.15, -0.1) is 0 Å². The molecule has 168 valence electrons. The van der Waals surface area contributed by atoms with Crippen LogP contribution in [0.2, 0.25) is 5.02 Å². The number of hydrogen-bond acceptors (Lipinski definition) is 4. The maximum atomic E-state index is 12.3. The van der Waals surface area contributed by atoms with E-state index in [4.69, 9.17) is 11.6 Å². The van der Waals surface area contributed by atoms with Crippen LogP contribution in [0.1, 0.15) is 43.6 Å². The molecule has 1 saturated carbocycles. The van der Waals surface area contributed by atoms with E-state index in [-0.39, 0.29) is 17.4 Å². The van der Waals surface area contributed by atoms with E-state index in [2.05, 4.69) is 41.5 Å². The average Bonchev–Trinajstić information content (AvgIpc) is 3.59. The molecule has 1 unspecified atom stereocenters. The van der Waals surface area contributed by atoms with Crippen LogP contribution < -0.4 is 10.2 Å². The number of nitrogens with zero attached hydrogens (tertiary/aromatic N) is 2. The molecule has 1 N–H and O–H groups in total. The van der Waals surface area contributed by atoms with Crippen molar-refractivity contribution in [2.75, 3.05) is 25.5 Å². The fraction of sp³-hybridized carbons (Fsp3) is 0.400. The summed E-state index contributed by atoms with van der Waals surface area (Å²) in [6.45, 7) is 0.745. The van der Waals surface area contributed by atoms with Crippen molar-refractivity contribution < 1.29 is 14.4 Å². The van der Waals surface area contributed by atoms with E-state index in [0.29, 0.717) is 17.9 Å². The quantitative estimate of drug-likeness (QED) is 0.485. The second kappa shape index (κ2) is 8.94. The summed E-state index contributed by atoms with van der Waals surface area (Å²) in [7, 11) is 3.92. The number of piperidine rings is 1. The van der Waals surface area contributed by atoms with Crippen LogP contribution in [0.3, 0.4) is 0 Å². The fourth-order valence-electron chi connectivity index (χ4n) is 4.51. The lowest BCUT2D eigenvalue weighted by Gasteiger charge is -2.31. The SMILES string of the molecule is CN(C=O)CCC1(N(C)c2ccc(-c3cccc(C4CCC(=O)NC4=O)c3Cl)cc2)CC1. The molecule has 0 radical (unpaired) electrons. The van der Waals surface area contributed by atoms with Gasteiger partial charge < -0.3 is 9.80 Å². The molecule has 1 aliphatic carbocycles. The van der Waals surface area contributed by atoms with E-state index < -0.39 is 5.92 Å². The zero-order chi connectivity index (χ0) is 22.9. The molecule has 1 atom stereocenters. The van der Waals surface area contributed by atoms with Crippen molar-refractivity contribution in [1.82, 2.24) is 10.2 Å². The number of rotatable bonds is 8. The lowest BCUT2D eigenvalue weighted by Crippen LogP contribution is -2.39. The average molecular weight is 454 g/mol. The Balaban J connectivity index is 1.53. The molecule has 2 aromatic carbocycles. The van der Waals surface area contributed by atoms with E-state index in [0.717, 1.165) is 54.6 Å². The smallest absolute Gasteiger partial charge is 0.234 e. The highest BCUT2D eigenvalue weighted by atomic mass is 35.5. The molecule has 3 amide bonds. The standard InChI is InChI=1S/C25H28ClN3O3/c1-28(16-30)15-14-25(12-13-25)29(2)18-8-6-17(7-9-18)19-4-3-5-20(23(19)26)21-10-11-22(31)27-24(21)32/h3-9,16,21H,10-15H2,1-2H3,(H,27,31,32). The summed E-state index contributed by atoms with van der Waals surface area (Å²) in [6.07, 6.45) is 4.86. The van der Waals surface area contributed by atoms with Gasteiger partial charge >= 0.3 is 0 Å². The molecule has 0 aromatic heterocycles. The van der Waals surface area contributed by atoms with Gasteiger partial charge in [0.05, 0.1) is 10.9 Å². The fourth-order valence-corrected chi connectivity index (χ4v) is 4.87. The zero-order valence-electron chi connectivity index (χ0n) is 18.4. The summed E-state index contributed by atoms with van der Waals surface area (Å²) >= 11 is 6.74. The highest BCUT2D eigenvalue weighted by molar-refractivity contribution is 6.34. The molecule has 1 saturated heterocycles. The van der Waals surface area contributed by atoms with Gasteiger partial charge in [-0.3, -0.25) is 19.7 Å². The van der Waals surface area contributed by atoms with Crippen molar-refractivity contribution in [1.29, 1.82) is 0 Å². The van der Waals surface area contributed by atoms with Crippen LogP contribution in [0.15, 0.2) is 42.5 Å². The number of carbonyl (C=O) groups excluding carboxylic acids is 3. The first-order valence-electron chi connectivity index (χ1n) is 11.0. The van der Waals surface area contributed by atoms with Gasteiger partial charge in [0.25, 0.3) is 0 Å². The molecule has 6 nitrogen and oxygen atoms in total. The highest BCUT2D eigenvalue weighted by Crippen LogP contribution is 2.46. The number of benzene rings is 2. The van der Waals surface area contributed by atoms with E-state index >= 15 is 0 Å².